The Bertz CT molecular complexity index is 643. The van der Waals surface area contributed by atoms with Gasteiger partial charge in [0, 0.05) is 31.1 Å². The van der Waals surface area contributed by atoms with E-state index < -0.39 is 5.97 Å². The number of likely N-dealkylation sites (N-methyl/N-ethyl adjacent to an activating group) is 1. The van der Waals surface area contributed by atoms with Crippen LogP contribution in [-0.4, -0.2) is 66.2 Å². The van der Waals surface area contributed by atoms with Crippen molar-refractivity contribution in [2.45, 2.75) is 51.5 Å². The lowest BCUT2D eigenvalue weighted by Crippen LogP contribution is -2.45. The third-order valence-electron chi connectivity index (χ3n) is 5.51. The predicted octanol–water partition coefficient (Wildman–Crippen LogP) is 2.85. The highest BCUT2D eigenvalue weighted by Crippen LogP contribution is 2.23. The van der Waals surface area contributed by atoms with Gasteiger partial charge in [-0.15, -0.1) is 0 Å². The van der Waals surface area contributed by atoms with Crippen molar-refractivity contribution < 1.29 is 14.7 Å². The average molecular weight is 376 g/mol. The Kier molecular flexibility index (Phi) is 7.25. The molecule has 27 heavy (non-hydrogen) atoms. The fourth-order valence-corrected chi connectivity index (χ4v) is 3.58. The average Bonchev–Trinajstić information content (AvgIpc) is 2.86. The van der Waals surface area contributed by atoms with Gasteiger partial charge in [0.1, 0.15) is 0 Å². The summed E-state index contributed by atoms with van der Waals surface area (Å²) >= 11 is 0. The van der Waals surface area contributed by atoms with Gasteiger partial charge in [-0.3, -0.25) is 9.69 Å². The number of hydrogen-bond donors (Lipinski definition) is 2. The molecule has 0 aromatic heterocycles. The Morgan fingerprint density at radius 1 is 1.22 bits per heavy atom. The van der Waals surface area contributed by atoms with Crippen molar-refractivity contribution in [3.63, 3.8) is 0 Å². The summed E-state index contributed by atoms with van der Waals surface area (Å²) in [5.41, 5.74) is 2.30. The molecule has 1 aliphatic heterocycles. The molecule has 2 amide bonds. The molecule has 1 aromatic carbocycles. The monoisotopic (exact) mass is 375 g/mol. The first kappa shape index (κ1) is 21.2. The number of carboxylic acids is 1. The molecular weight excluding hydrogens is 342 g/mol. The molecule has 1 saturated heterocycles. The minimum Gasteiger partial charge on any atom is -0.480 e. The van der Waals surface area contributed by atoms with Crippen LogP contribution in [0.2, 0.25) is 0 Å². The van der Waals surface area contributed by atoms with Crippen molar-refractivity contribution in [2.24, 2.45) is 0 Å². The van der Waals surface area contributed by atoms with Crippen LogP contribution in [0, 0.1) is 6.92 Å². The van der Waals surface area contributed by atoms with E-state index >= 15 is 0 Å². The quantitative estimate of drug-likeness (QED) is 0.802. The first-order chi connectivity index (χ1) is 12.7. The summed E-state index contributed by atoms with van der Waals surface area (Å²) in [6.07, 6.45) is 2.62. The standard InChI is InChI=1S/C21H33N3O3/c1-16-7-9-17(10-8-16)21(2,3)15-22-20(27)24-12-5-6-18(11-13-24)23(4)14-19(25)26/h7-10,18H,5-6,11-15H2,1-4H3,(H,22,27)(H,25,26). The zero-order valence-corrected chi connectivity index (χ0v) is 17.0. The van der Waals surface area contributed by atoms with Crippen molar-refractivity contribution in [3.8, 4) is 0 Å². The van der Waals surface area contributed by atoms with Crippen LogP contribution in [0.3, 0.4) is 0 Å². The Balaban J connectivity index is 1.87. The van der Waals surface area contributed by atoms with Crippen LogP contribution in [0.5, 0.6) is 0 Å². The van der Waals surface area contributed by atoms with E-state index in [-0.39, 0.29) is 24.0 Å². The SMILES string of the molecule is Cc1ccc(C(C)(C)CNC(=O)N2CCCC(N(C)CC(=O)O)CC2)cc1. The Labute approximate surface area is 162 Å². The fourth-order valence-electron chi connectivity index (χ4n) is 3.58. The molecule has 1 heterocycles. The predicted molar refractivity (Wildman–Crippen MR) is 107 cm³/mol. The summed E-state index contributed by atoms with van der Waals surface area (Å²) in [6, 6.07) is 8.62. The Hall–Kier alpha value is -2.08. The van der Waals surface area contributed by atoms with Crippen molar-refractivity contribution in [2.75, 3.05) is 33.2 Å². The van der Waals surface area contributed by atoms with Gasteiger partial charge in [-0.05, 0) is 38.8 Å². The molecule has 6 heteroatoms. The summed E-state index contributed by atoms with van der Waals surface area (Å²) in [5, 5.41) is 12.1. The van der Waals surface area contributed by atoms with Gasteiger partial charge in [-0.25, -0.2) is 4.79 Å². The molecule has 0 saturated carbocycles. The molecule has 150 valence electrons. The van der Waals surface area contributed by atoms with E-state index in [1.807, 2.05) is 16.8 Å². The number of carbonyl (C=O) groups excluding carboxylic acids is 1. The molecule has 0 aliphatic carbocycles. The number of aliphatic carboxylic acids is 1. The van der Waals surface area contributed by atoms with Gasteiger partial charge in [0.25, 0.3) is 0 Å². The number of hydrogen-bond acceptors (Lipinski definition) is 3. The number of urea groups is 1. The normalized spacial score (nSPS) is 18.3. The number of likely N-dealkylation sites (tertiary alicyclic amines) is 1. The number of carbonyl (C=O) groups is 2. The number of nitrogens with zero attached hydrogens (tertiary/aromatic N) is 2. The highest BCUT2D eigenvalue weighted by atomic mass is 16.4. The van der Waals surface area contributed by atoms with Crippen molar-refractivity contribution in [1.29, 1.82) is 0 Å². The second kappa shape index (κ2) is 9.22. The molecule has 1 atom stereocenters. The smallest absolute Gasteiger partial charge is 0.317 e. The molecule has 0 bridgehead atoms. The van der Waals surface area contributed by atoms with E-state index in [0.29, 0.717) is 19.6 Å². The topological polar surface area (TPSA) is 72.9 Å². The van der Waals surface area contributed by atoms with Gasteiger partial charge in [0.15, 0.2) is 0 Å². The maximum absolute atomic E-state index is 12.6. The van der Waals surface area contributed by atoms with E-state index in [2.05, 4.69) is 50.4 Å². The molecule has 2 N–H and O–H groups in total. The van der Waals surface area contributed by atoms with Gasteiger partial charge in [0.2, 0.25) is 0 Å². The molecule has 6 nitrogen and oxygen atoms in total. The molecule has 0 radical (unpaired) electrons. The molecule has 1 aromatic rings. The minimum absolute atomic E-state index is 0.0308. The highest BCUT2D eigenvalue weighted by Gasteiger charge is 2.26. The first-order valence-corrected chi connectivity index (χ1v) is 9.71. The van der Waals surface area contributed by atoms with E-state index in [1.165, 1.54) is 11.1 Å². The summed E-state index contributed by atoms with van der Waals surface area (Å²) < 4.78 is 0. The van der Waals surface area contributed by atoms with Gasteiger partial charge in [-0.1, -0.05) is 43.7 Å². The van der Waals surface area contributed by atoms with Crippen molar-refractivity contribution in [3.05, 3.63) is 35.4 Å². The van der Waals surface area contributed by atoms with Gasteiger partial charge < -0.3 is 15.3 Å². The van der Waals surface area contributed by atoms with Crippen LogP contribution in [-0.2, 0) is 10.2 Å². The van der Waals surface area contributed by atoms with Crippen molar-refractivity contribution >= 4 is 12.0 Å². The maximum Gasteiger partial charge on any atom is 0.317 e. The maximum atomic E-state index is 12.6. The number of rotatable bonds is 6. The number of benzene rings is 1. The third kappa shape index (κ3) is 6.24. The van der Waals surface area contributed by atoms with Crippen LogP contribution in [0.15, 0.2) is 24.3 Å². The zero-order chi connectivity index (χ0) is 20.0. The van der Waals surface area contributed by atoms with E-state index in [4.69, 9.17) is 5.11 Å². The largest absolute Gasteiger partial charge is 0.480 e. The van der Waals surface area contributed by atoms with E-state index in [9.17, 15) is 9.59 Å². The lowest BCUT2D eigenvalue weighted by Gasteiger charge is -2.29. The number of carboxylic acid groups (broad SMARTS) is 1. The van der Waals surface area contributed by atoms with Gasteiger partial charge in [-0.2, -0.15) is 0 Å². The molecule has 1 fully saturated rings. The van der Waals surface area contributed by atoms with Crippen molar-refractivity contribution in [1.82, 2.24) is 15.1 Å². The molecule has 0 spiro atoms. The van der Waals surface area contributed by atoms with Crippen LogP contribution < -0.4 is 5.32 Å². The second-order valence-electron chi connectivity index (χ2n) is 8.29. The van der Waals surface area contributed by atoms with Crippen LogP contribution in [0.1, 0.15) is 44.2 Å². The summed E-state index contributed by atoms with van der Waals surface area (Å²) in [6.45, 7) is 8.34. The zero-order valence-electron chi connectivity index (χ0n) is 17.0. The number of amides is 2. The van der Waals surface area contributed by atoms with E-state index in [1.54, 1.807) is 0 Å². The molecule has 1 unspecified atom stereocenters. The Morgan fingerprint density at radius 3 is 2.52 bits per heavy atom. The molecule has 1 aliphatic rings. The van der Waals surface area contributed by atoms with Crippen LogP contribution in [0.25, 0.3) is 0 Å². The second-order valence-corrected chi connectivity index (χ2v) is 8.29. The van der Waals surface area contributed by atoms with Gasteiger partial charge >= 0.3 is 12.0 Å². The third-order valence-corrected chi connectivity index (χ3v) is 5.51. The number of aryl methyl sites for hydroxylation is 1. The van der Waals surface area contributed by atoms with Gasteiger partial charge in [0.05, 0.1) is 6.54 Å². The minimum atomic E-state index is -0.810. The van der Waals surface area contributed by atoms with E-state index in [0.717, 1.165) is 19.3 Å². The Morgan fingerprint density at radius 2 is 1.89 bits per heavy atom. The molecule has 2 rings (SSSR count). The highest BCUT2D eigenvalue weighted by molar-refractivity contribution is 5.74. The fraction of sp³-hybridized carbons (Fsp3) is 0.619. The van der Waals surface area contributed by atoms with Crippen LogP contribution >= 0.6 is 0 Å². The van der Waals surface area contributed by atoms with Crippen LogP contribution in [0.4, 0.5) is 4.79 Å². The lowest BCUT2D eigenvalue weighted by molar-refractivity contribution is -0.138. The summed E-state index contributed by atoms with van der Waals surface area (Å²) in [4.78, 5) is 27.3. The summed E-state index contributed by atoms with van der Waals surface area (Å²) in [5.74, 6) is -0.810. The lowest BCUT2D eigenvalue weighted by atomic mass is 9.84. The summed E-state index contributed by atoms with van der Waals surface area (Å²) in [7, 11) is 1.85. The number of nitrogens with one attached hydrogen (secondary N) is 1. The molecular formula is C21H33N3O3. The first-order valence-electron chi connectivity index (χ1n) is 9.71.